The molecule has 1 unspecified atom stereocenters. The van der Waals surface area contributed by atoms with Gasteiger partial charge in [0.2, 0.25) is 0 Å². The average Bonchev–Trinajstić information content (AvgIpc) is 3.06. The minimum atomic E-state index is -0.0738. The standard InChI is InChI=1S/C21H31N5O3/c1-15(19-14-24(3)23-16(19)2)22-21(27)26-10-8-25(9-11-26)13-17-12-18(28-4)6-7-20(17)29-5/h6-7,12,14-15H,8-11,13H2,1-5H3,(H,22,27). The highest BCUT2D eigenvalue weighted by molar-refractivity contribution is 5.74. The lowest BCUT2D eigenvalue weighted by molar-refractivity contribution is 0.133. The third-order valence-electron chi connectivity index (χ3n) is 5.40. The van der Waals surface area contributed by atoms with Crippen molar-refractivity contribution < 1.29 is 14.3 Å². The minimum absolute atomic E-state index is 0.0284. The van der Waals surface area contributed by atoms with E-state index < -0.39 is 0 Å². The van der Waals surface area contributed by atoms with Crippen LogP contribution in [0.25, 0.3) is 0 Å². The van der Waals surface area contributed by atoms with Crippen LogP contribution in [-0.2, 0) is 13.6 Å². The lowest BCUT2D eigenvalue weighted by Crippen LogP contribution is -2.51. The zero-order valence-electron chi connectivity index (χ0n) is 17.9. The van der Waals surface area contributed by atoms with Crippen LogP contribution in [0.1, 0.15) is 29.8 Å². The molecule has 1 fully saturated rings. The fourth-order valence-corrected chi connectivity index (χ4v) is 3.75. The SMILES string of the molecule is COc1ccc(OC)c(CN2CCN(C(=O)NC(C)c3cn(C)nc3C)CC2)c1. The van der Waals surface area contributed by atoms with Gasteiger partial charge in [-0.2, -0.15) is 5.10 Å². The molecule has 0 bridgehead atoms. The van der Waals surface area contributed by atoms with Gasteiger partial charge in [-0.1, -0.05) is 0 Å². The van der Waals surface area contributed by atoms with Gasteiger partial charge in [-0.3, -0.25) is 9.58 Å². The molecule has 0 saturated carbocycles. The largest absolute Gasteiger partial charge is 0.497 e. The topological polar surface area (TPSA) is 71.9 Å². The molecule has 1 aliphatic heterocycles. The van der Waals surface area contributed by atoms with Gasteiger partial charge in [-0.25, -0.2) is 4.79 Å². The summed E-state index contributed by atoms with van der Waals surface area (Å²) in [4.78, 5) is 16.9. The van der Waals surface area contributed by atoms with Crippen molar-refractivity contribution in [3.05, 3.63) is 41.2 Å². The lowest BCUT2D eigenvalue weighted by Gasteiger charge is -2.35. The van der Waals surface area contributed by atoms with Gasteiger partial charge in [0.05, 0.1) is 26.0 Å². The van der Waals surface area contributed by atoms with Crippen molar-refractivity contribution >= 4 is 6.03 Å². The number of hydrogen-bond donors (Lipinski definition) is 1. The number of benzene rings is 1. The number of aromatic nitrogens is 2. The number of aryl methyl sites for hydroxylation is 2. The number of nitrogens with zero attached hydrogens (tertiary/aromatic N) is 4. The number of hydrogen-bond acceptors (Lipinski definition) is 5. The second-order valence-electron chi connectivity index (χ2n) is 7.46. The molecule has 3 rings (SSSR count). The van der Waals surface area contributed by atoms with Crippen LogP contribution in [0, 0.1) is 6.92 Å². The molecule has 0 aliphatic carbocycles. The predicted molar refractivity (Wildman–Crippen MR) is 111 cm³/mol. The molecule has 29 heavy (non-hydrogen) atoms. The highest BCUT2D eigenvalue weighted by Crippen LogP contribution is 2.25. The van der Waals surface area contributed by atoms with Crippen molar-refractivity contribution in [1.82, 2.24) is 24.9 Å². The van der Waals surface area contributed by atoms with Crippen LogP contribution in [-0.4, -0.2) is 66.0 Å². The first kappa shape index (κ1) is 21.0. The third-order valence-corrected chi connectivity index (χ3v) is 5.40. The number of urea groups is 1. The first-order chi connectivity index (χ1) is 13.9. The summed E-state index contributed by atoms with van der Waals surface area (Å²) in [5.41, 5.74) is 3.08. The van der Waals surface area contributed by atoms with E-state index >= 15 is 0 Å². The molecule has 1 aromatic heterocycles. The molecular weight excluding hydrogens is 370 g/mol. The first-order valence-corrected chi connectivity index (χ1v) is 9.90. The first-order valence-electron chi connectivity index (χ1n) is 9.90. The van der Waals surface area contributed by atoms with E-state index in [2.05, 4.69) is 15.3 Å². The van der Waals surface area contributed by atoms with Crippen molar-refractivity contribution in [2.24, 2.45) is 7.05 Å². The summed E-state index contributed by atoms with van der Waals surface area (Å²) < 4.78 is 12.6. The van der Waals surface area contributed by atoms with E-state index in [1.807, 2.05) is 50.2 Å². The van der Waals surface area contributed by atoms with Gasteiger partial charge < -0.3 is 19.7 Å². The Hall–Kier alpha value is -2.74. The molecular formula is C21H31N5O3. The summed E-state index contributed by atoms with van der Waals surface area (Å²) in [5.74, 6) is 1.67. The minimum Gasteiger partial charge on any atom is -0.497 e. The zero-order valence-corrected chi connectivity index (χ0v) is 17.9. The average molecular weight is 402 g/mol. The molecule has 0 radical (unpaired) electrons. The molecule has 1 N–H and O–H groups in total. The number of rotatable bonds is 6. The van der Waals surface area contributed by atoms with Crippen molar-refractivity contribution in [3.63, 3.8) is 0 Å². The maximum absolute atomic E-state index is 12.7. The van der Waals surface area contributed by atoms with Gasteiger partial charge in [-0.05, 0) is 32.0 Å². The lowest BCUT2D eigenvalue weighted by atomic mass is 10.1. The molecule has 1 aliphatic rings. The summed E-state index contributed by atoms with van der Waals surface area (Å²) in [7, 11) is 5.23. The fraction of sp³-hybridized carbons (Fsp3) is 0.524. The van der Waals surface area contributed by atoms with Crippen LogP contribution in [0.3, 0.4) is 0 Å². The molecule has 2 amide bonds. The van der Waals surface area contributed by atoms with Gasteiger partial charge in [-0.15, -0.1) is 0 Å². The van der Waals surface area contributed by atoms with Crippen LogP contribution in [0.4, 0.5) is 4.79 Å². The number of piperazine rings is 1. The van der Waals surface area contributed by atoms with Gasteiger partial charge in [0, 0.05) is 57.1 Å². The smallest absolute Gasteiger partial charge is 0.317 e. The molecule has 2 aromatic rings. The van der Waals surface area contributed by atoms with Crippen LogP contribution < -0.4 is 14.8 Å². The van der Waals surface area contributed by atoms with Crippen LogP contribution in [0.2, 0.25) is 0 Å². The number of carbonyl (C=O) groups excluding carboxylic acids is 1. The number of ether oxygens (including phenoxy) is 2. The number of carbonyl (C=O) groups is 1. The molecule has 2 heterocycles. The van der Waals surface area contributed by atoms with E-state index in [9.17, 15) is 4.79 Å². The fourth-order valence-electron chi connectivity index (χ4n) is 3.75. The van der Waals surface area contributed by atoms with Crippen molar-refractivity contribution in [3.8, 4) is 11.5 Å². The van der Waals surface area contributed by atoms with E-state index in [1.165, 1.54) is 0 Å². The van der Waals surface area contributed by atoms with Crippen molar-refractivity contribution in [1.29, 1.82) is 0 Å². The summed E-state index contributed by atoms with van der Waals surface area (Å²) in [5, 5.41) is 7.45. The van der Waals surface area contributed by atoms with Gasteiger partial charge in [0.25, 0.3) is 0 Å². The Bertz CT molecular complexity index is 843. The summed E-state index contributed by atoms with van der Waals surface area (Å²) in [6, 6.07) is 5.74. The van der Waals surface area contributed by atoms with E-state index in [0.717, 1.165) is 48.0 Å². The molecule has 8 heteroatoms. The Kier molecular flexibility index (Phi) is 6.64. The highest BCUT2D eigenvalue weighted by Gasteiger charge is 2.24. The van der Waals surface area contributed by atoms with Gasteiger partial charge in [0.1, 0.15) is 11.5 Å². The number of nitrogens with one attached hydrogen (secondary N) is 1. The summed E-state index contributed by atoms with van der Waals surface area (Å²) >= 11 is 0. The van der Waals surface area contributed by atoms with Crippen molar-refractivity contribution in [2.45, 2.75) is 26.4 Å². The summed E-state index contributed by atoms with van der Waals surface area (Å²) in [6.07, 6.45) is 1.96. The Balaban J connectivity index is 1.54. The molecule has 1 saturated heterocycles. The normalized spacial score (nSPS) is 15.8. The van der Waals surface area contributed by atoms with E-state index in [-0.39, 0.29) is 12.1 Å². The van der Waals surface area contributed by atoms with Gasteiger partial charge >= 0.3 is 6.03 Å². The van der Waals surface area contributed by atoms with E-state index in [1.54, 1.807) is 18.9 Å². The van der Waals surface area contributed by atoms with E-state index in [4.69, 9.17) is 9.47 Å². The van der Waals surface area contributed by atoms with E-state index in [0.29, 0.717) is 13.1 Å². The number of methoxy groups -OCH3 is 2. The monoisotopic (exact) mass is 401 g/mol. The molecule has 8 nitrogen and oxygen atoms in total. The second kappa shape index (κ2) is 9.17. The highest BCUT2D eigenvalue weighted by atomic mass is 16.5. The zero-order chi connectivity index (χ0) is 21.0. The Labute approximate surface area is 172 Å². The van der Waals surface area contributed by atoms with Crippen LogP contribution in [0.5, 0.6) is 11.5 Å². The van der Waals surface area contributed by atoms with Gasteiger partial charge in [0.15, 0.2) is 0 Å². The Morgan fingerprint density at radius 3 is 2.52 bits per heavy atom. The maximum atomic E-state index is 12.7. The Morgan fingerprint density at radius 1 is 1.21 bits per heavy atom. The van der Waals surface area contributed by atoms with Crippen molar-refractivity contribution in [2.75, 3.05) is 40.4 Å². The third kappa shape index (κ3) is 5.00. The maximum Gasteiger partial charge on any atom is 0.317 e. The number of amides is 2. The second-order valence-corrected chi connectivity index (χ2v) is 7.46. The molecule has 0 spiro atoms. The van der Waals surface area contributed by atoms with Crippen LogP contribution in [0.15, 0.2) is 24.4 Å². The molecule has 1 atom stereocenters. The predicted octanol–water partition coefficient (Wildman–Crippen LogP) is 2.33. The van der Waals surface area contributed by atoms with Crippen LogP contribution >= 0.6 is 0 Å². The summed E-state index contributed by atoms with van der Waals surface area (Å²) in [6.45, 7) is 7.73. The molecule has 1 aromatic carbocycles. The quantitative estimate of drug-likeness (QED) is 0.804. The molecule has 158 valence electrons. The Morgan fingerprint density at radius 2 is 1.93 bits per heavy atom.